The van der Waals surface area contributed by atoms with Gasteiger partial charge in [0.15, 0.2) is 5.82 Å². The monoisotopic (exact) mass is 396 g/mol. The van der Waals surface area contributed by atoms with Gasteiger partial charge in [-0.1, -0.05) is 18.2 Å². The summed E-state index contributed by atoms with van der Waals surface area (Å²) in [6.45, 7) is 1.34. The zero-order valence-electron chi connectivity index (χ0n) is 16.0. The summed E-state index contributed by atoms with van der Waals surface area (Å²) in [6, 6.07) is 8.05. The molecule has 5 rings (SSSR count). The lowest BCUT2D eigenvalue weighted by molar-refractivity contribution is -0.0970. The van der Waals surface area contributed by atoms with Gasteiger partial charge in [-0.2, -0.15) is 4.39 Å². The van der Waals surface area contributed by atoms with Gasteiger partial charge in [-0.3, -0.25) is 9.47 Å². The number of likely N-dealkylation sites (N-methyl/N-ethyl adjacent to an activating group) is 1. The summed E-state index contributed by atoms with van der Waals surface area (Å²) in [7, 11) is 2.10. The normalized spacial score (nSPS) is 24.6. The Morgan fingerprint density at radius 3 is 2.66 bits per heavy atom. The fourth-order valence-corrected chi connectivity index (χ4v) is 4.32. The van der Waals surface area contributed by atoms with Crippen LogP contribution in [-0.4, -0.2) is 63.9 Å². The first-order chi connectivity index (χ1) is 14.1. The Labute approximate surface area is 167 Å². The number of benzene rings is 1. The molecule has 0 saturated carbocycles. The van der Waals surface area contributed by atoms with Crippen molar-refractivity contribution in [2.45, 2.75) is 31.0 Å². The van der Waals surface area contributed by atoms with Crippen LogP contribution in [0.3, 0.4) is 0 Å². The first-order valence-corrected chi connectivity index (χ1v) is 9.69. The van der Waals surface area contributed by atoms with Gasteiger partial charge >= 0.3 is 5.97 Å². The number of morpholine rings is 1. The largest absolute Gasteiger partial charge is 0.459 e. The van der Waals surface area contributed by atoms with Gasteiger partial charge in [0.05, 0.1) is 36.7 Å². The highest BCUT2D eigenvalue weighted by Gasteiger charge is 2.38. The molecule has 2 aliphatic rings. The Kier molecular flexibility index (Phi) is 4.52. The van der Waals surface area contributed by atoms with Crippen LogP contribution in [0.2, 0.25) is 0 Å². The number of hydrogen-bond donors (Lipinski definition) is 0. The zero-order chi connectivity index (χ0) is 20.0. The Balaban J connectivity index is 1.44. The van der Waals surface area contributed by atoms with Crippen LogP contribution in [0.15, 0.2) is 42.9 Å². The van der Waals surface area contributed by atoms with E-state index in [1.807, 2.05) is 24.3 Å². The molecule has 150 valence electrons. The third-order valence-electron chi connectivity index (χ3n) is 5.90. The smallest absolute Gasteiger partial charge is 0.340 e. The minimum absolute atomic E-state index is 0.134. The van der Waals surface area contributed by atoms with Gasteiger partial charge in [0.1, 0.15) is 6.10 Å². The van der Waals surface area contributed by atoms with E-state index in [1.165, 1.54) is 6.20 Å². The van der Waals surface area contributed by atoms with Gasteiger partial charge in [-0.15, -0.1) is 0 Å². The summed E-state index contributed by atoms with van der Waals surface area (Å²) in [5.74, 6) is -0.571. The SMILES string of the molecule is CN1C2COCC1CC(OC(=O)c1cn(-c3cnc(F)cn3)c3ccccc13)C2. The molecule has 0 radical (unpaired) electrons. The van der Waals surface area contributed by atoms with Crippen LogP contribution in [0.1, 0.15) is 23.2 Å². The summed E-state index contributed by atoms with van der Waals surface area (Å²) < 4.78 is 26.4. The van der Waals surface area contributed by atoms with E-state index in [0.717, 1.165) is 29.9 Å². The van der Waals surface area contributed by atoms with E-state index in [4.69, 9.17) is 9.47 Å². The summed E-state index contributed by atoms with van der Waals surface area (Å²) >= 11 is 0. The Bertz CT molecular complexity index is 1040. The van der Waals surface area contributed by atoms with Crippen molar-refractivity contribution in [2.24, 2.45) is 0 Å². The zero-order valence-corrected chi connectivity index (χ0v) is 16.0. The average molecular weight is 396 g/mol. The van der Waals surface area contributed by atoms with Crippen molar-refractivity contribution in [3.63, 3.8) is 0 Å². The van der Waals surface area contributed by atoms with E-state index < -0.39 is 5.95 Å². The number of nitrogens with zero attached hydrogens (tertiary/aromatic N) is 4. The molecule has 4 heterocycles. The molecular weight excluding hydrogens is 375 g/mol. The summed E-state index contributed by atoms with van der Waals surface area (Å²) in [4.78, 5) is 23.1. The quantitative estimate of drug-likeness (QED) is 0.634. The van der Waals surface area contributed by atoms with Crippen molar-refractivity contribution in [1.82, 2.24) is 19.4 Å². The van der Waals surface area contributed by atoms with E-state index in [0.29, 0.717) is 24.6 Å². The van der Waals surface area contributed by atoms with E-state index in [-0.39, 0.29) is 24.2 Å². The standard InChI is InChI=1S/C21H21FN4O3/c1-25-13-6-15(7-14(25)12-28-11-13)29-21(27)17-10-26(18-5-3-2-4-16(17)18)20-9-23-19(22)8-24-20/h2-5,8-10,13-15H,6-7,11-12H2,1H3. The Morgan fingerprint density at radius 1 is 1.17 bits per heavy atom. The number of para-hydroxylation sites is 1. The van der Waals surface area contributed by atoms with Crippen molar-refractivity contribution >= 4 is 16.9 Å². The number of rotatable bonds is 3. The third-order valence-corrected chi connectivity index (χ3v) is 5.90. The minimum Gasteiger partial charge on any atom is -0.459 e. The van der Waals surface area contributed by atoms with Crippen molar-refractivity contribution in [2.75, 3.05) is 20.3 Å². The molecule has 0 N–H and O–H groups in total. The van der Waals surface area contributed by atoms with Crippen molar-refractivity contribution in [3.05, 3.63) is 54.4 Å². The predicted molar refractivity (Wildman–Crippen MR) is 103 cm³/mol. The van der Waals surface area contributed by atoms with E-state index in [2.05, 4.69) is 21.9 Å². The third kappa shape index (κ3) is 3.28. The lowest BCUT2D eigenvalue weighted by Crippen LogP contribution is -2.56. The van der Waals surface area contributed by atoms with Gasteiger partial charge in [-0.25, -0.2) is 14.8 Å². The molecule has 2 unspecified atom stereocenters. The van der Waals surface area contributed by atoms with Crippen molar-refractivity contribution in [3.8, 4) is 5.82 Å². The van der Waals surface area contributed by atoms with Crippen LogP contribution in [0.25, 0.3) is 16.7 Å². The molecule has 7 nitrogen and oxygen atoms in total. The molecule has 1 aromatic carbocycles. The molecule has 2 aliphatic heterocycles. The maximum atomic E-state index is 13.2. The van der Waals surface area contributed by atoms with Crippen LogP contribution in [0.5, 0.6) is 0 Å². The molecule has 8 heteroatoms. The highest BCUT2D eigenvalue weighted by molar-refractivity contribution is 6.04. The fraction of sp³-hybridized carbons (Fsp3) is 0.381. The second kappa shape index (κ2) is 7.20. The van der Waals surface area contributed by atoms with Crippen LogP contribution in [0.4, 0.5) is 4.39 Å². The minimum atomic E-state index is -0.651. The van der Waals surface area contributed by atoms with Crippen LogP contribution in [-0.2, 0) is 9.47 Å². The summed E-state index contributed by atoms with van der Waals surface area (Å²) in [6.07, 6.45) is 5.48. The van der Waals surface area contributed by atoms with Gasteiger partial charge in [0, 0.05) is 36.5 Å². The molecular formula is C21H21FN4O3. The first kappa shape index (κ1) is 18.2. The maximum absolute atomic E-state index is 13.2. The number of halogens is 1. The highest BCUT2D eigenvalue weighted by atomic mass is 19.1. The van der Waals surface area contributed by atoms with Crippen LogP contribution < -0.4 is 0 Å². The second-order valence-corrected chi connectivity index (χ2v) is 7.64. The number of hydrogen-bond acceptors (Lipinski definition) is 6. The maximum Gasteiger partial charge on any atom is 0.340 e. The number of carbonyl (C=O) groups excluding carboxylic acids is 1. The second-order valence-electron chi connectivity index (χ2n) is 7.64. The topological polar surface area (TPSA) is 69.5 Å². The number of carbonyl (C=O) groups is 1. The predicted octanol–water partition coefficient (Wildman–Crippen LogP) is 2.58. The molecule has 0 spiro atoms. The number of piperidine rings is 1. The van der Waals surface area contributed by atoms with Gasteiger partial charge in [0.25, 0.3) is 0 Å². The number of ether oxygens (including phenoxy) is 2. The Morgan fingerprint density at radius 2 is 1.93 bits per heavy atom. The summed E-state index contributed by atoms with van der Waals surface area (Å²) in [5, 5.41) is 0.764. The molecule has 0 amide bonds. The van der Waals surface area contributed by atoms with Gasteiger partial charge < -0.3 is 9.47 Å². The average Bonchev–Trinajstić information content (AvgIpc) is 3.09. The molecule has 3 aromatic rings. The number of fused-ring (bicyclic) bond motifs is 3. The van der Waals surface area contributed by atoms with Crippen LogP contribution >= 0.6 is 0 Å². The summed E-state index contributed by atoms with van der Waals surface area (Å²) in [5.41, 5.74) is 1.25. The van der Waals surface area contributed by atoms with Gasteiger partial charge in [-0.05, 0) is 13.1 Å². The highest BCUT2D eigenvalue weighted by Crippen LogP contribution is 2.30. The molecule has 2 bridgehead atoms. The first-order valence-electron chi connectivity index (χ1n) is 9.69. The number of aromatic nitrogens is 3. The lowest BCUT2D eigenvalue weighted by atomic mass is 9.92. The van der Waals surface area contributed by atoms with E-state index in [1.54, 1.807) is 10.8 Å². The lowest BCUT2D eigenvalue weighted by Gasteiger charge is -2.46. The van der Waals surface area contributed by atoms with Crippen molar-refractivity contribution in [1.29, 1.82) is 0 Å². The fourth-order valence-electron chi connectivity index (χ4n) is 4.32. The van der Waals surface area contributed by atoms with Gasteiger partial charge in [0.2, 0.25) is 5.95 Å². The number of esters is 1. The molecule has 2 saturated heterocycles. The Hall–Kier alpha value is -2.84. The molecule has 0 aliphatic carbocycles. The molecule has 2 fully saturated rings. The molecule has 29 heavy (non-hydrogen) atoms. The van der Waals surface area contributed by atoms with E-state index >= 15 is 0 Å². The van der Waals surface area contributed by atoms with Crippen molar-refractivity contribution < 1.29 is 18.7 Å². The van der Waals surface area contributed by atoms with E-state index in [9.17, 15) is 9.18 Å². The molecule has 2 atom stereocenters. The van der Waals surface area contributed by atoms with Crippen LogP contribution in [0, 0.1) is 5.95 Å². The molecule has 2 aromatic heterocycles.